The lowest BCUT2D eigenvalue weighted by Crippen LogP contribution is -2.28. The highest BCUT2D eigenvalue weighted by Crippen LogP contribution is 2.14. The summed E-state index contributed by atoms with van der Waals surface area (Å²) in [4.78, 5) is 25.2. The number of aryl methyl sites for hydroxylation is 1. The molecular formula is C15H19NO3. The first-order valence-corrected chi connectivity index (χ1v) is 6.70. The Bertz CT molecular complexity index is 447. The van der Waals surface area contributed by atoms with E-state index in [1.54, 1.807) is 12.1 Å². The van der Waals surface area contributed by atoms with Crippen molar-refractivity contribution in [2.75, 3.05) is 13.1 Å². The van der Waals surface area contributed by atoms with Crippen LogP contribution in [0.15, 0.2) is 24.3 Å². The first-order valence-electron chi connectivity index (χ1n) is 6.70. The number of esters is 1. The molecule has 1 amide bonds. The van der Waals surface area contributed by atoms with Gasteiger partial charge in [-0.1, -0.05) is 17.7 Å². The lowest BCUT2D eigenvalue weighted by atomic mass is 10.2. The Morgan fingerprint density at radius 3 is 2.37 bits per heavy atom. The van der Waals surface area contributed by atoms with Gasteiger partial charge in [-0.05, 0) is 31.9 Å². The predicted molar refractivity (Wildman–Crippen MR) is 71.9 cm³/mol. The number of benzene rings is 1. The summed E-state index contributed by atoms with van der Waals surface area (Å²) in [5, 5.41) is 0. The second-order valence-corrected chi connectivity index (χ2v) is 4.88. The van der Waals surface area contributed by atoms with Gasteiger partial charge in [-0.15, -0.1) is 0 Å². The molecule has 0 aromatic heterocycles. The largest absolute Gasteiger partial charge is 0.427 e. The molecule has 0 saturated carbocycles. The van der Waals surface area contributed by atoms with Crippen LogP contribution in [0.5, 0.6) is 5.75 Å². The summed E-state index contributed by atoms with van der Waals surface area (Å²) < 4.78 is 5.17. The van der Waals surface area contributed by atoms with Gasteiger partial charge >= 0.3 is 5.97 Å². The number of hydrogen-bond donors (Lipinski definition) is 0. The second-order valence-electron chi connectivity index (χ2n) is 4.88. The van der Waals surface area contributed by atoms with E-state index >= 15 is 0 Å². The maximum absolute atomic E-state index is 11.8. The van der Waals surface area contributed by atoms with E-state index in [2.05, 4.69) is 0 Å². The molecule has 0 unspecified atom stereocenters. The van der Waals surface area contributed by atoms with Crippen LogP contribution in [0.4, 0.5) is 0 Å². The molecule has 0 bridgehead atoms. The van der Waals surface area contributed by atoms with E-state index in [-0.39, 0.29) is 24.7 Å². The number of nitrogens with zero attached hydrogens (tertiary/aromatic N) is 1. The van der Waals surface area contributed by atoms with E-state index in [1.807, 2.05) is 24.0 Å². The summed E-state index contributed by atoms with van der Waals surface area (Å²) >= 11 is 0. The van der Waals surface area contributed by atoms with Crippen LogP contribution in [-0.2, 0) is 9.59 Å². The summed E-state index contributed by atoms with van der Waals surface area (Å²) in [6.07, 6.45) is 2.52. The Morgan fingerprint density at radius 2 is 1.74 bits per heavy atom. The molecule has 1 aliphatic rings. The van der Waals surface area contributed by atoms with E-state index in [0.29, 0.717) is 5.75 Å². The maximum Gasteiger partial charge on any atom is 0.311 e. The molecule has 1 aromatic rings. The van der Waals surface area contributed by atoms with E-state index in [0.717, 1.165) is 31.5 Å². The van der Waals surface area contributed by atoms with Gasteiger partial charge in [0, 0.05) is 19.5 Å². The van der Waals surface area contributed by atoms with Crippen molar-refractivity contribution in [2.24, 2.45) is 0 Å². The zero-order chi connectivity index (χ0) is 13.7. The predicted octanol–water partition coefficient (Wildman–Crippen LogP) is 2.30. The fraction of sp³-hybridized carbons (Fsp3) is 0.467. The molecule has 0 spiro atoms. The minimum atomic E-state index is -0.351. The quantitative estimate of drug-likeness (QED) is 0.617. The summed E-state index contributed by atoms with van der Waals surface area (Å²) in [6, 6.07) is 7.29. The fourth-order valence-corrected chi connectivity index (χ4v) is 2.12. The molecule has 1 aliphatic heterocycles. The van der Waals surface area contributed by atoms with Crippen LogP contribution in [-0.4, -0.2) is 29.9 Å². The first kappa shape index (κ1) is 13.6. The van der Waals surface area contributed by atoms with Crippen LogP contribution in [0.2, 0.25) is 0 Å². The number of carbonyl (C=O) groups excluding carboxylic acids is 2. The van der Waals surface area contributed by atoms with E-state index in [1.165, 1.54) is 0 Å². The molecule has 0 radical (unpaired) electrons. The lowest BCUT2D eigenvalue weighted by molar-refractivity contribution is -0.138. The van der Waals surface area contributed by atoms with Gasteiger partial charge in [-0.25, -0.2) is 0 Å². The molecule has 1 saturated heterocycles. The molecule has 4 nitrogen and oxygen atoms in total. The number of rotatable bonds is 4. The van der Waals surface area contributed by atoms with Gasteiger partial charge in [0.15, 0.2) is 0 Å². The van der Waals surface area contributed by atoms with Gasteiger partial charge in [-0.3, -0.25) is 9.59 Å². The topological polar surface area (TPSA) is 46.6 Å². The van der Waals surface area contributed by atoms with Crippen LogP contribution < -0.4 is 4.74 Å². The smallest absolute Gasteiger partial charge is 0.311 e. The van der Waals surface area contributed by atoms with Crippen molar-refractivity contribution in [1.82, 2.24) is 4.90 Å². The Kier molecular flexibility index (Phi) is 4.55. The molecule has 0 aliphatic carbocycles. The average Bonchev–Trinajstić information content (AvgIpc) is 2.93. The van der Waals surface area contributed by atoms with E-state index in [4.69, 9.17) is 4.74 Å². The third kappa shape index (κ3) is 4.09. The van der Waals surface area contributed by atoms with Gasteiger partial charge in [-0.2, -0.15) is 0 Å². The highest BCUT2D eigenvalue weighted by molar-refractivity contribution is 5.82. The molecule has 102 valence electrons. The first-order chi connectivity index (χ1) is 9.15. The van der Waals surface area contributed by atoms with Crippen LogP contribution in [0, 0.1) is 6.92 Å². The fourth-order valence-electron chi connectivity index (χ4n) is 2.12. The summed E-state index contributed by atoms with van der Waals surface area (Å²) in [7, 11) is 0. The van der Waals surface area contributed by atoms with Gasteiger partial charge in [0.1, 0.15) is 5.75 Å². The monoisotopic (exact) mass is 261 g/mol. The maximum atomic E-state index is 11.8. The molecule has 0 N–H and O–H groups in total. The molecule has 19 heavy (non-hydrogen) atoms. The van der Waals surface area contributed by atoms with Gasteiger partial charge < -0.3 is 9.64 Å². The highest BCUT2D eigenvalue weighted by atomic mass is 16.5. The van der Waals surface area contributed by atoms with Crippen molar-refractivity contribution >= 4 is 11.9 Å². The molecule has 2 rings (SSSR count). The Hall–Kier alpha value is -1.84. The molecule has 4 heteroatoms. The van der Waals surface area contributed by atoms with Crippen molar-refractivity contribution in [1.29, 1.82) is 0 Å². The van der Waals surface area contributed by atoms with E-state index in [9.17, 15) is 9.59 Å². The minimum Gasteiger partial charge on any atom is -0.427 e. The molecule has 1 aromatic carbocycles. The van der Waals surface area contributed by atoms with Gasteiger partial charge in [0.2, 0.25) is 5.91 Å². The molecule has 0 atom stereocenters. The Morgan fingerprint density at radius 1 is 1.11 bits per heavy atom. The molecule has 1 fully saturated rings. The minimum absolute atomic E-state index is 0.0540. The van der Waals surface area contributed by atoms with Gasteiger partial charge in [0.05, 0.1) is 6.42 Å². The lowest BCUT2D eigenvalue weighted by Gasteiger charge is -2.14. The third-order valence-corrected chi connectivity index (χ3v) is 3.25. The van der Waals surface area contributed by atoms with Crippen molar-refractivity contribution in [3.63, 3.8) is 0 Å². The number of ether oxygens (including phenoxy) is 1. The average molecular weight is 261 g/mol. The normalized spacial score (nSPS) is 14.5. The summed E-state index contributed by atoms with van der Waals surface area (Å²) in [5.74, 6) is 0.235. The molecular weight excluding hydrogens is 242 g/mol. The number of carbonyl (C=O) groups is 2. The highest BCUT2D eigenvalue weighted by Gasteiger charge is 2.18. The van der Waals surface area contributed by atoms with Crippen molar-refractivity contribution in [2.45, 2.75) is 32.6 Å². The van der Waals surface area contributed by atoms with Crippen LogP contribution in [0.3, 0.4) is 0 Å². The standard InChI is InChI=1S/C15H19NO3/c1-12-4-6-13(7-5-12)19-15(18)9-8-14(17)16-10-2-3-11-16/h4-7H,2-3,8-11H2,1H3. The summed E-state index contributed by atoms with van der Waals surface area (Å²) in [5.41, 5.74) is 1.11. The van der Waals surface area contributed by atoms with Crippen LogP contribution >= 0.6 is 0 Å². The molecule has 1 heterocycles. The SMILES string of the molecule is Cc1ccc(OC(=O)CCC(=O)N2CCCC2)cc1. The van der Waals surface area contributed by atoms with Crippen LogP contribution in [0.25, 0.3) is 0 Å². The number of amides is 1. The Labute approximate surface area is 113 Å². The second kappa shape index (κ2) is 6.36. The van der Waals surface area contributed by atoms with Gasteiger partial charge in [0.25, 0.3) is 0 Å². The van der Waals surface area contributed by atoms with E-state index < -0.39 is 0 Å². The Balaban J connectivity index is 1.75. The summed E-state index contributed by atoms with van der Waals surface area (Å²) in [6.45, 7) is 3.62. The zero-order valence-corrected chi connectivity index (χ0v) is 11.2. The van der Waals surface area contributed by atoms with Crippen LogP contribution in [0.1, 0.15) is 31.2 Å². The van der Waals surface area contributed by atoms with Crippen molar-refractivity contribution < 1.29 is 14.3 Å². The third-order valence-electron chi connectivity index (χ3n) is 3.25. The number of hydrogen-bond acceptors (Lipinski definition) is 3. The number of likely N-dealkylation sites (tertiary alicyclic amines) is 1. The zero-order valence-electron chi connectivity index (χ0n) is 11.2. The van der Waals surface area contributed by atoms with Crippen molar-refractivity contribution in [3.05, 3.63) is 29.8 Å². The van der Waals surface area contributed by atoms with Crippen molar-refractivity contribution in [3.8, 4) is 5.75 Å².